The molecule has 0 saturated heterocycles. The Balaban J connectivity index is 1.33. The van der Waals surface area contributed by atoms with E-state index in [2.05, 4.69) is 33.3 Å². The third-order valence-electron chi connectivity index (χ3n) is 6.49. The van der Waals surface area contributed by atoms with Gasteiger partial charge in [0.05, 0.1) is 16.3 Å². The average molecular weight is 533 g/mol. The molecule has 0 bridgehead atoms. The quantitative estimate of drug-likeness (QED) is 0.160. The first-order chi connectivity index (χ1) is 19.1. The smallest absolute Gasteiger partial charge is 0.269 e. The first kappa shape index (κ1) is 24.4. The lowest BCUT2D eigenvalue weighted by Gasteiger charge is -2.09. The van der Waals surface area contributed by atoms with E-state index in [1.807, 2.05) is 66.7 Å². The summed E-state index contributed by atoms with van der Waals surface area (Å²) in [5, 5.41) is 14.4. The molecule has 0 fully saturated rings. The molecule has 0 aliphatic heterocycles. The van der Waals surface area contributed by atoms with Crippen molar-refractivity contribution in [3.05, 3.63) is 135 Å². The van der Waals surface area contributed by atoms with Gasteiger partial charge in [-0.2, -0.15) is 0 Å². The topological polar surface area (TPSA) is 85.4 Å². The molecule has 2 heterocycles. The van der Waals surface area contributed by atoms with E-state index in [-0.39, 0.29) is 10.6 Å². The summed E-state index contributed by atoms with van der Waals surface area (Å²) >= 11 is 1.55. The second kappa shape index (κ2) is 10.8. The van der Waals surface area contributed by atoms with Crippen molar-refractivity contribution in [1.82, 2.24) is 9.55 Å². The van der Waals surface area contributed by atoms with Gasteiger partial charge in [0, 0.05) is 41.2 Å². The molecule has 192 valence electrons. The predicted molar refractivity (Wildman–Crippen MR) is 155 cm³/mol. The Hall–Kier alpha value is -4.95. The van der Waals surface area contributed by atoms with Gasteiger partial charge >= 0.3 is 0 Å². The van der Waals surface area contributed by atoms with Crippen LogP contribution in [-0.4, -0.2) is 14.5 Å². The van der Waals surface area contributed by atoms with Gasteiger partial charge in [-0.05, 0) is 72.1 Å². The van der Waals surface area contributed by atoms with E-state index in [0.717, 1.165) is 45.2 Å². The van der Waals surface area contributed by atoms with E-state index in [1.165, 1.54) is 10.9 Å². The second-order valence-electron chi connectivity index (χ2n) is 8.99. The van der Waals surface area contributed by atoms with Crippen LogP contribution in [-0.2, 0) is 13.0 Å². The lowest BCUT2D eigenvalue weighted by molar-refractivity contribution is -0.384. The normalized spacial score (nSPS) is 11.6. The number of H-pyrrole nitrogens is 1. The van der Waals surface area contributed by atoms with Gasteiger partial charge in [-0.25, -0.2) is 4.99 Å². The molecule has 7 nitrogen and oxygen atoms in total. The van der Waals surface area contributed by atoms with E-state index in [9.17, 15) is 10.1 Å². The van der Waals surface area contributed by atoms with Crippen LogP contribution < -0.4 is 9.54 Å². The summed E-state index contributed by atoms with van der Waals surface area (Å²) in [7, 11) is 0. The van der Waals surface area contributed by atoms with Gasteiger partial charge in [0.2, 0.25) is 0 Å². The number of fused-ring (bicyclic) bond motifs is 1. The van der Waals surface area contributed by atoms with Crippen LogP contribution in [0.3, 0.4) is 0 Å². The largest absolute Gasteiger partial charge is 0.457 e. The maximum atomic E-state index is 11.2. The molecule has 0 unspecified atom stereocenters. The fourth-order valence-electron chi connectivity index (χ4n) is 4.51. The third kappa shape index (κ3) is 5.37. The zero-order valence-corrected chi connectivity index (χ0v) is 21.7. The van der Waals surface area contributed by atoms with E-state index in [0.29, 0.717) is 6.54 Å². The molecule has 0 radical (unpaired) electrons. The highest BCUT2D eigenvalue weighted by Gasteiger charge is 2.12. The Bertz CT molecular complexity index is 1800. The van der Waals surface area contributed by atoms with Crippen LogP contribution in [0.25, 0.3) is 22.2 Å². The zero-order valence-electron chi connectivity index (χ0n) is 20.9. The highest BCUT2D eigenvalue weighted by Crippen LogP contribution is 2.27. The van der Waals surface area contributed by atoms with Gasteiger partial charge in [0.1, 0.15) is 11.5 Å². The molecule has 0 atom stereocenters. The van der Waals surface area contributed by atoms with Gasteiger partial charge in [-0.3, -0.25) is 10.1 Å². The number of benzene rings is 4. The minimum Gasteiger partial charge on any atom is -0.457 e. The standard InChI is InChI=1S/C31H24N4O3S/c36-35(37)25-14-10-22(11-15-25)30-21-39-31(34(30)19-18-23-20-32-29-9-5-4-8-28(23)29)33-24-12-16-27(17-13-24)38-26-6-2-1-3-7-26/h1-17,20-21,32H,18-19H2. The van der Waals surface area contributed by atoms with E-state index in [1.54, 1.807) is 35.6 Å². The molecule has 6 rings (SSSR count). The molecule has 6 aromatic rings. The van der Waals surface area contributed by atoms with Crippen molar-refractivity contribution in [2.75, 3.05) is 0 Å². The van der Waals surface area contributed by atoms with Crippen molar-refractivity contribution < 1.29 is 9.66 Å². The molecule has 0 aliphatic carbocycles. The minimum absolute atomic E-state index is 0.0713. The van der Waals surface area contributed by atoms with Crippen molar-refractivity contribution in [3.8, 4) is 22.8 Å². The van der Waals surface area contributed by atoms with Crippen molar-refractivity contribution >= 4 is 33.6 Å². The van der Waals surface area contributed by atoms with Crippen molar-refractivity contribution in [1.29, 1.82) is 0 Å². The molecule has 2 aromatic heterocycles. The number of nitrogens with one attached hydrogen (secondary N) is 1. The number of aromatic amines is 1. The average Bonchev–Trinajstić information content (AvgIpc) is 3.57. The number of ether oxygens (including phenoxy) is 1. The van der Waals surface area contributed by atoms with E-state index < -0.39 is 0 Å². The molecule has 0 saturated carbocycles. The Kier molecular flexibility index (Phi) is 6.76. The van der Waals surface area contributed by atoms with Gasteiger partial charge in [-0.1, -0.05) is 36.4 Å². The molecule has 0 aliphatic rings. The summed E-state index contributed by atoms with van der Waals surface area (Å²) in [6, 6.07) is 32.3. The summed E-state index contributed by atoms with van der Waals surface area (Å²) in [5.41, 5.74) is 5.10. The number of aromatic nitrogens is 2. The predicted octanol–water partition coefficient (Wildman–Crippen LogP) is 7.87. The van der Waals surface area contributed by atoms with Crippen molar-refractivity contribution in [2.24, 2.45) is 4.99 Å². The van der Waals surface area contributed by atoms with Crippen LogP contribution in [0.2, 0.25) is 0 Å². The van der Waals surface area contributed by atoms with Crippen LogP contribution in [0.1, 0.15) is 5.56 Å². The van der Waals surface area contributed by atoms with Crippen LogP contribution in [0.4, 0.5) is 11.4 Å². The number of hydrogen-bond acceptors (Lipinski definition) is 5. The van der Waals surface area contributed by atoms with Crippen molar-refractivity contribution in [2.45, 2.75) is 13.0 Å². The first-order valence-corrected chi connectivity index (χ1v) is 13.4. The maximum Gasteiger partial charge on any atom is 0.269 e. The molecular weight excluding hydrogens is 508 g/mol. The van der Waals surface area contributed by atoms with Crippen LogP contribution >= 0.6 is 11.3 Å². The van der Waals surface area contributed by atoms with Crippen LogP contribution in [0.5, 0.6) is 11.5 Å². The minimum atomic E-state index is -0.381. The zero-order chi connectivity index (χ0) is 26.6. The SMILES string of the molecule is O=[N+]([O-])c1ccc(-c2csc(=Nc3ccc(Oc4ccccc4)cc3)n2CCc2c[nH]c3ccccc23)cc1. The number of nitro groups is 1. The van der Waals surface area contributed by atoms with Gasteiger partial charge in [0.25, 0.3) is 5.69 Å². The molecule has 8 heteroatoms. The molecule has 0 spiro atoms. The highest BCUT2D eigenvalue weighted by molar-refractivity contribution is 7.07. The molecule has 0 amide bonds. The monoisotopic (exact) mass is 532 g/mol. The molecule has 39 heavy (non-hydrogen) atoms. The Morgan fingerprint density at radius 3 is 2.36 bits per heavy atom. The van der Waals surface area contributed by atoms with E-state index in [4.69, 9.17) is 9.73 Å². The van der Waals surface area contributed by atoms with Crippen LogP contribution in [0, 0.1) is 10.1 Å². The van der Waals surface area contributed by atoms with Gasteiger partial charge in [0.15, 0.2) is 4.80 Å². The number of non-ortho nitro benzene ring substituents is 1. The fourth-order valence-corrected chi connectivity index (χ4v) is 5.47. The maximum absolute atomic E-state index is 11.2. The van der Waals surface area contributed by atoms with E-state index >= 15 is 0 Å². The highest BCUT2D eigenvalue weighted by atomic mass is 32.1. The number of nitrogens with zero attached hydrogens (tertiary/aromatic N) is 3. The van der Waals surface area contributed by atoms with Gasteiger partial charge in [-0.15, -0.1) is 11.3 Å². The lowest BCUT2D eigenvalue weighted by atomic mass is 10.1. The number of hydrogen-bond donors (Lipinski definition) is 1. The summed E-state index contributed by atoms with van der Waals surface area (Å²) < 4.78 is 8.10. The number of thiazole rings is 1. The number of para-hydroxylation sites is 2. The summed E-state index contributed by atoms with van der Waals surface area (Å²) in [6.45, 7) is 0.700. The summed E-state index contributed by atoms with van der Waals surface area (Å²) in [6.07, 6.45) is 2.86. The summed E-state index contributed by atoms with van der Waals surface area (Å²) in [4.78, 5) is 19.9. The van der Waals surface area contributed by atoms with Gasteiger partial charge < -0.3 is 14.3 Å². The Morgan fingerprint density at radius 1 is 0.872 bits per heavy atom. The number of nitro benzene ring substituents is 1. The number of aryl methyl sites for hydroxylation is 1. The summed E-state index contributed by atoms with van der Waals surface area (Å²) in [5.74, 6) is 1.52. The molecular formula is C31H24N4O3S. The second-order valence-corrected chi connectivity index (χ2v) is 9.83. The Morgan fingerprint density at radius 2 is 1.59 bits per heavy atom. The third-order valence-corrected chi connectivity index (χ3v) is 7.36. The lowest BCUT2D eigenvalue weighted by Crippen LogP contribution is -2.17. The fraction of sp³-hybridized carbons (Fsp3) is 0.0645. The first-order valence-electron chi connectivity index (χ1n) is 12.5. The molecule has 4 aromatic carbocycles. The van der Waals surface area contributed by atoms with Crippen molar-refractivity contribution in [3.63, 3.8) is 0 Å². The molecule has 1 N–H and O–H groups in total. The van der Waals surface area contributed by atoms with Crippen LogP contribution in [0.15, 0.2) is 120 Å². The Labute approximate surface area is 228 Å². The number of rotatable bonds is 8.